The van der Waals surface area contributed by atoms with Gasteiger partial charge in [0.25, 0.3) is 0 Å². The molecule has 0 aliphatic heterocycles. The van der Waals surface area contributed by atoms with Gasteiger partial charge in [-0.15, -0.1) is 0 Å². The van der Waals surface area contributed by atoms with Crippen molar-refractivity contribution in [3.05, 3.63) is 29.8 Å². The number of nitrogens with two attached hydrogens (primary N) is 1. The lowest BCUT2D eigenvalue weighted by atomic mass is 9.90. The number of phenolic OH excluding ortho intramolecular Hbond substituents is 1. The zero-order chi connectivity index (χ0) is 10.9. The number of phenols is 1. The lowest BCUT2D eigenvalue weighted by Gasteiger charge is -2.26. The Kier molecular flexibility index (Phi) is 2.67. The Morgan fingerprint density at radius 2 is 2.13 bits per heavy atom. The van der Waals surface area contributed by atoms with Crippen LogP contribution >= 0.6 is 0 Å². The van der Waals surface area contributed by atoms with Crippen LogP contribution in [-0.2, 0) is 6.42 Å². The van der Waals surface area contributed by atoms with Gasteiger partial charge < -0.3 is 15.9 Å². The maximum absolute atomic E-state index is 10.3. The predicted molar refractivity (Wildman–Crippen MR) is 58.5 cm³/mol. The average Bonchev–Trinajstić information content (AvgIpc) is 3.01. The van der Waals surface area contributed by atoms with Crippen LogP contribution in [0, 0.1) is 5.92 Å². The van der Waals surface area contributed by atoms with Crippen molar-refractivity contribution in [2.75, 3.05) is 6.54 Å². The molecule has 1 atom stereocenters. The van der Waals surface area contributed by atoms with Crippen molar-refractivity contribution in [2.45, 2.75) is 24.9 Å². The third-order valence-electron chi connectivity index (χ3n) is 3.11. The van der Waals surface area contributed by atoms with Crippen molar-refractivity contribution in [1.29, 1.82) is 0 Å². The fourth-order valence-electron chi connectivity index (χ4n) is 2.02. The molecule has 82 valence electrons. The maximum Gasteiger partial charge on any atom is 0.115 e. The lowest BCUT2D eigenvalue weighted by Crippen LogP contribution is -2.42. The van der Waals surface area contributed by atoms with Crippen LogP contribution in [0.5, 0.6) is 5.75 Å². The zero-order valence-corrected chi connectivity index (χ0v) is 8.69. The molecule has 3 nitrogen and oxygen atoms in total. The summed E-state index contributed by atoms with van der Waals surface area (Å²) in [5.41, 5.74) is 5.78. The molecule has 0 radical (unpaired) electrons. The highest BCUT2D eigenvalue weighted by molar-refractivity contribution is 5.28. The third-order valence-corrected chi connectivity index (χ3v) is 3.11. The minimum absolute atomic E-state index is 0.239. The second kappa shape index (κ2) is 3.83. The minimum Gasteiger partial charge on any atom is -0.508 e. The van der Waals surface area contributed by atoms with Gasteiger partial charge in [-0.25, -0.2) is 0 Å². The highest BCUT2D eigenvalue weighted by atomic mass is 16.3. The maximum atomic E-state index is 10.3. The van der Waals surface area contributed by atoms with Crippen LogP contribution in [0.3, 0.4) is 0 Å². The number of benzene rings is 1. The Morgan fingerprint density at radius 3 is 2.67 bits per heavy atom. The van der Waals surface area contributed by atoms with Gasteiger partial charge in [0.15, 0.2) is 0 Å². The topological polar surface area (TPSA) is 66.5 Å². The number of hydrogen-bond donors (Lipinski definition) is 3. The van der Waals surface area contributed by atoms with Crippen LogP contribution < -0.4 is 5.73 Å². The molecule has 1 fully saturated rings. The van der Waals surface area contributed by atoms with E-state index in [-0.39, 0.29) is 12.3 Å². The van der Waals surface area contributed by atoms with E-state index < -0.39 is 5.60 Å². The molecule has 0 bridgehead atoms. The van der Waals surface area contributed by atoms with Gasteiger partial charge in [-0.1, -0.05) is 12.1 Å². The van der Waals surface area contributed by atoms with Crippen molar-refractivity contribution in [1.82, 2.24) is 0 Å². The molecule has 0 spiro atoms. The summed E-state index contributed by atoms with van der Waals surface area (Å²) in [5, 5.41) is 19.6. The molecule has 0 amide bonds. The van der Waals surface area contributed by atoms with Crippen LogP contribution in [0.25, 0.3) is 0 Å². The summed E-state index contributed by atoms with van der Waals surface area (Å²) in [6, 6.07) is 7.00. The smallest absolute Gasteiger partial charge is 0.115 e. The number of hydrogen-bond acceptors (Lipinski definition) is 3. The Bertz CT molecular complexity index is 349. The Morgan fingerprint density at radius 1 is 1.40 bits per heavy atom. The normalized spacial score (nSPS) is 19.9. The van der Waals surface area contributed by atoms with Gasteiger partial charge >= 0.3 is 0 Å². The van der Waals surface area contributed by atoms with Crippen molar-refractivity contribution >= 4 is 0 Å². The van der Waals surface area contributed by atoms with Crippen molar-refractivity contribution in [3.63, 3.8) is 0 Å². The molecule has 2 rings (SSSR count). The predicted octanol–water partition coefficient (Wildman–Crippen LogP) is 1.03. The molecule has 1 aliphatic carbocycles. The van der Waals surface area contributed by atoms with Crippen LogP contribution in [0.4, 0.5) is 0 Å². The molecule has 1 unspecified atom stereocenters. The number of rotatable bonds is 4. The SMILES string of the molecule is NCC(O)(Cc1cccc(O)c1)C1CC1. The highest BCUT2D eigenvalue weighted by Crippen LogP contribution is 2.41. The first kappa shape index (κ1) is 10.5. The quantitative estimate of drug-likeness (QED) is 0.691. The molecular weight excluding hydrogens is 190 g/mol. The van der Waals surface area contributed by atoms with Gasteiger partial charge in [0.1, 0.15) is 5.75 Å². The molecule has 4 N–H and O–H groups in total. The minimum atomic E-state index is -0.784. The standard InChI is InChI=1S/C12H17NO2/c13-8-12(15,10-4-5-10)7-9-2-1-3-11(14)6-9/h1-3,6,10,14-15H,4-5,7-8,13H2. The van der Waals surface area contributed by atoms with E-state index in [1.54, 1.807) is 18.2 Å². The van der Waals surface area contributed by atoms with E-state index in [0.29, 0.717) is 12.3 Å². The van der Waals surface area contributed by atoms with E-state index in [2.05, 4.69) is 0 Å². The van der Waals surface area contributed by atoms with E-state index in [1.807, 2.05) is 6.07 Å². The molecule has 1 saturated carbocycles. The van der Waals surface area contributed by atoms with E-state index in [4.69, 9.17) is 5.73 Å². The van der Waals surface area contributed by atoms with Crippen LogP contribution in [-0.4, -0.2) is 22.4 Å². The Balaban J connectivity index is 2.12. The second-order valence-corrected chi connectivity index (χ2v) is 4.43. The largest absolute Gasteiger partial charge is 0.508 e. The van der Waals surface area contributed by atoms with Gasteiger partial charge in [-0.2, -0.15) is 0 Å². The molecule has 1 aromatic carbocycles. The van der Waals surface area contributed by atoms with Gasteiger partial charge in [-0.05, 0) is 36.5 Å². The summed E-state index contributed by atoms with van der Waals surface area (Å²) in [6.07, 6.45) is 2.65. The second-order valence-electron chi connectivity index (χ2n) is 4.43. The van der Waals surface area contributed by atoms with Gasteiger partial charge in [0.2, 0.25) is 0 Å². The first-order chi connectivity index (χ1) is 7.14. The van der Waals surface area contributed by atoms with E-state index >= 15 is 0 Å². The number of aliphatic hydroxyl groups is 1. The van der Waals surface area contributed by atoms with Crippen LogP contribution in [0.1, 0.15) is 18.4 Å². The van der Waals surface area contributed by atoms with Crippen molar-refractivity contribution in [3.8, 4) is 5.75 Å². The van der Waals surface area contributed by atoms with E-state index in [0.717, 1.165) is 18.4 Å². The fraction of sp³-hybridized carbons (Fsp3) is 0.500. The molecule has 3 heteroatoms. The monoisotopic (exact) mass is 207 g/mol. The van der Waals surface area contributed by atoms with Crippen LogP contribution in [0.2, 0.25) is 0 Å². The van der Waals surface area contributed by atoms with E-state index in [9.17, 15) is 10.2 Å². The molecule has 0 aromatic heterocycles. The van der Waals surface area contributed by atoms with Crippen LogP contribution in [0.15, 0.2) is 24.3 Å². The third kappa shape index (κ3) is 2.30. The summed E-state index contributed by atoms with van der Waals surface area (Å²) in [6.45, 7) is 0.285. The summed E-state index contributed by atoms with van der Waals surface area (Å²) < 4.78 is 0. The number of aromatic hydroxyl groups is 1. The summed E-state index contributed by atoms with van der Waals surface area (Å²) in [4.78, 5) is 0. The Hall–Kier alpha value is -1.06. The Labute approximate surface area is 89.5 Å². The zero-order valence-electron chi connectivity index (χ0n) is 8.69. The lowest BCUT2D eigenvalue weighted by molar-refractivity contribution is 0.0267. The average molecular weight is 207 g/mol. The molecular formula is C12H17NO2. The highest BCUT2D eigenvalue weighted by Gasteiger charge is 2.42. The summed E-state index contributed by atoms with van der Waals surface area (Å²) in [7, 11) is 0. The molecule has 15 heavy (non-hydrogen) atoms. The molecule has 1 aromatic rings. The summed E-state index contributed by atoms with van der Waals surface area (Å²) >= 11 is 0. The fourth-order valence-corrected chi connectivity index (χ4v) is 2.02. The van der Waals surface area contributed by atoms with Crippen molar-refractivity contribution < 1.29 is 10.2 Å². The first-order valence-corrected chi connectivity index (χ1v) is 5.34. The van der Waals surface area contributed by atoms with Crippen molar-refractivity contribution in [2.24, 2.45) is 11.7 Å². The molecule has 0 saturated heterocycles. The van der Waals surface area contributed by atoms with Gasteiger partial charge in [0, 0.05) is 13.0 Å². The van der Waals surface area contributed by atoms with E-state index in [1.165, 1.54) is 0 Å². The van der Waals surface area contributed by atoms with Gasteiger partial charge in [0.05, 0.1) is 5.60 Å². The molecule has 0 heterocycles. The van der Waals surface area contributed by atoms with Gasteiger partial charge in [-0.3, -0.25) is 0 Å². The first-order valence-electron chi connectivity index (χ1n) is 5.34. The summed E-state index contributed by atoms with van der Waals surface area (Å²) in [5.74, 6) is 0.576. The molecule has 1 aliphatic rings.